The molecule has 2 rings (SSSR count). The average molecular weight is 275 g/mol. The van der Waals surface area contributed by atoms with E-state index in [2.05, 4.69) is 28.8 Å². The normalized spacial score (nSPS) is 18.6. The Morgan fingerprint density at radius 2 is 2.35 bits per heavy atom. The summed E-state index contributed by atoms with van der Waals surface area (Å²) in [5.74, 6) is 0.809. The minimum absolute atomic E-state index is 0.0941. The summed E-state index contributed by atoms with van der Waals surface area (Å²) in [7, 11) is 1.83. The van der Waals surface area contributed by atoms with E-state index in [0.29, 0.717) is 12.5 Å². The van der Waals surface area contributed by atoms with Crippen LogP contribution in [-0.4, -0.2) is 37.5 Å². The number of piperidine rings is 1. The molecule has 1 saturated heterocycles. The molecule has 1 unspecified atom stereocenters. The van der Waals surface area contributed by atoms with Gasteiger partial charge in [-0.2, -0.15) is 0 Å². The van der Waals surface area contributed by atoms with E-state index in [0.717, 1.165) is 30.9 Å². The van der Waals surface area contributed by atoms with Crippen molar-refractivity contribution >= 4 is 11.6 Å². The second kappa shape index (κ2) is 7.29. The standard InChI is InChI=1S/C16H25N3O/c1-13(20)19(2)12-14-5-3-7-16(9-14)18-11-15-6-4-8-17-10-15/h3,5,7,9,15,17-18H,4,6,8,10-12H2,1-2H3. The van der Waals surface area contributed by atoms with Crippen molar-refractivity contribution in [2.75, 3.05) is 32.0 Å². The van der Waals surface area contributed by atoms with Gasteiger partial charge in [-0.1, -0.05) is 12.1 Å². The fraction of sp³-hybridized carbons (Fsp3) is 0.562. The van der Waals surface area contributed by atoms with Gasteiger partial charge in [0, 0.05) is 32.7 Å². The van der Waals surface area contributed by atoms with Crippen molar-refractivity contribution in [3.63, 3.8) is 0 Å². The maximum absolute atomic E-state index is 11.3. The van der Waals surface area contributed by atoms with Crippen LogP contribution in [0.1, 0.15) is 25.3 Å². The van der Waals surface area contributed by atoms with Crippen molar-refractivity contribution in [2.45, 2.75) is 26.3 Å². The minimum Gasteiger partial charge on any atom is -0.385 e. The Morgan fingerprint density at radius 3 is 3.05 bits per heavy atom. The smallest absolute Gasteiger partial charge is 0.219 e. The molecule has 0 radical (unpaired) electrons. The molecule has 1 aromatic rings. The summed E-state index contributed by atoms with van der Waals surface area (Å²) < 4.78 is 0. The summed E-state index contributed by atoms with van der Waals surface area (Å²) >= 11 is 0. The van der Waals surface area contributed by atoms with Crippen LogP contribution in [0.4, 0.5) is 5.69 Å². The lowest BCUT2D eigenvalue weighted by Gasteiger charge is -2.23. The molecule has 20 heavy (non-hydrogen) atoms. The molecule has 1 aliphatic heterocycles. The van der Waals surface area contributed by atoms with Crippen LogP contribution in [0.25, 0.3) is 0 Å². The van der Waals surface area contributed by atoms with E-state index in [1.165, 1.54) is 12.8 Å². The molecule has 2 N–H and O–H groups in total. The Bertz CT molecular complexity index is 441. The SMILES string of the molecule is CC(=O)N(C)Cc1cccc(NCC2CCCNC2)c1. The number of carbonyl (C=O) groups excluding carboxylic acids is 1. The zero-order valence-corrected chi connectivity index (χ0v) is 12.5. The molecule has 0 aliphatic carbocycles. The molecule has 1 amide bonds. The van der Waals surface area contributed by atoms with E-state index < -0.39 is 0 Å². The van der Waals surface area contributed by atoms with Crippen LogP contribution in [0.3, 0.4) is 0 Å². The molecule has 0 spiro atoms. The van der Waals surface area contributed by atoms with E-state index in [1.807, 2.05) is 13.1 Å². The Balaban J connectivity index is 1.87. The van der Waals surface area contributed by atoms with Gasteiger partial charge in [-0.25, -0.2) is 0 Å². The van der Waals surface area contributed by atoms with Gasteiger partial charge in [-0.3, -0.25) is 4.79 Å². The van der Waals surface area contributed by atoms with E-state index in [4.69, 9.17) is 0 Å². The number of anilines is 1. The molecule has 4 heteroatoms. The van der Waals surface area contributed by atoms with Gasteiger partial charge >= 0.3 is 0 Å². The van der Waals surface area contributed by atoms with Crippen molar-refractivity contribution in [2.24, 2.45) is 5.92 Å². The van der Waals surface area contributed by atoms with E-state index in [1.54, 1.807) is 11.8 Å². The quantitative estimate of drug-likeness (QED) is 0.864. The molecule has 1 aliphatic rings. The van der Waals surface area contributed by atoms with Crippen molar-refractivity contribution < 1.29 is 4.79 Å². The van der Waals surface area contributed by atoms with E-state index >= 15 is 0 Å². The van der Waals surface area contributed by atoms with Gasteiger partial charge in [0.1, 0.15) is 0 Å². The van der Waals surface area contributed by atoms with Gasteiger partial charge in [-0.15, -0.1) is 0 Å². The number of carbonyl (C=O) groups is 1. The van der Waals surface area contributed by atoms with Crippen molar-refractivity contribution in [1.82, 2.24) is 10.2 Å². The zero-order valence-electron chi connectivity index (χ0n) is 12.5. The maximum atomic E-state index is 11.3. The summed E-state index contributed by atoms with van der Waals surface area (Å²) in [5, 5.41) is 6.95. The molecular formula is C16H25N3O. The molecule has 1 heterocycles. The Morgan fingerprint density at radius 1 is 1.50 bits per heavy atom. The third kappa shape index (κ3) is 4.53. The van der Waals surface area contributed by atoms with Crippen LogP contribution >= 0.6 is 0 Å². The predicted octanol–water partition coefficient (Wildman–Crippen LogP) is 2.08. The van der Waals surface area contributed by atoms with Crippen LogP contribution in [0.5, 0.6) is 0 Å². The lowest BCUT2D eigenvalue weighted by atomic mass is 9.99. The maximum Gasteiger partial charge on any atom is 0.219 e. The molecule has 110 valence electrons. The third-order valence-corrected chi connectivity index (χ3v) is 3.88. The van der Waals surface area contributed by atoms with Gasteiger partial charge in [0.15, 0.2) is 0 Å². The van der Waals surface area contributed by atoms with Crippen molar-refractivity contribution in [1.29, 1.82) is 0 Å². The summed E-state index contributed by atoms with van der Waals surface area (Å²) in [6.07, 6.45) is 2.57. The first-order chi connectivity index (χ1) is 9.65. The largest absolute Gasteiger partial charge is 0.385 e. The number of nitrogens with zero attached hydrogens (tertiary/aromatic N) is 1. The van der Waals surface area contributed by atoms with Crippen LogP contribution < -0.4 is 10.6 Å². The van der Waals surface area contributed by atoms with Crippen molar-refractivity contribution in [3.05, 3.63) is 29.8 Å². The first kappa shape index (κ1) is 14.9. The molecule has 1 fully saturated rings. The van der Waals surface area contributed by atoms with Gasteiger partial charge in [0.25, 0.3) is 0 Å². The number of rotatable bonds is 5. The van der Waals surface area contributed by atoms with E-state index in [9.17, 15) is 4.79 Å². The van der Waals surface area contributed by atoms with Gasteiger partial charge < -0.3 is 15.5 Å². The molecular weight excluding hydrogens is 250 g/mol. The molecule has 4 nitrogen and oxygen atoms in total. The third-order valence-electron chi connectivity index (χ3n) is 3.88. The highest BCUT2D eigenvalue weighted by atomic mass is 16.2. The summed E-state index contributed by atoms with van der Waals surface area (Å²) in [6, 6.07) is 8.33. The molecule has 1 aromatic carbocycles. The van der Waals surface area contributed by atoms with Gasteiger partial charge in [0.2, 0.25) is 5.91 Å². The fourth-order valence-electron chi connectivity index (χ4n) is 2.53. The minimum atomic E-state index is 0.0941. The lowest BCUT2D eigenvalue weighted by Crippen LogP contribution is -2.33. The lowest BCUT2D eigenvalue weighted by molar-refractivity contribution is -0.128. The van der Waals surface area contributed by atoms with Gasteiger partial charge in [0.05, 0.1) is 0 Å². The highest BCUT2D eigenvalue weighted by Gasteiger charge is 2.12. The van der Waals surface area contributed by atoms with Gasteiger partial charge in [-0.05, 0) is 49.5 Å². The van der Waals surface area contributed by atoms with Crippen LogP contribution in [0.15, 0.2) is 24.3 Å². The summed E-state index contributed by atoms with van der Waals surface area (Å²) in [6.45, 7) is 5.54. The topological polar surface area (TPSA) is 44.4 Å². The highest BCUT2D eigenvalue weighted by molar-refractivity contribution is 5.72. The predicted molar refractivity (Wildman–Crippen MR) is 82.7 cm³/mol. The average Bonchev–Trinajstić information content (AvgIpc) is 2.46. The summed E-state index contributed by atoms with van der Waals surface area (Å²) in [4.78, 5) is 13.0. The van der Waals surface area contributed by atoms with Crippen molar-refractivity contribution in [3.8, 4) is 0 Å². The number of hydrogen-bond donors (Lipinski definition) is 2. The zero-order chi connectivity index (χ0) is 14.4. The molecule has 1 atom stereocenters. The first-order valence-corrected chi connectivity index (χ1v) is 7.40. The molecule has 0 bridgehead atoms. The van der Waals surface area contributed by atoms with E-state index in [-0.39, 0.29) is 5.91 Å². The van der Waals surface area contributed by atoms with Crippen LogP contribution in [0, 0.1) is 5.92 Å². The Labute approximate surface area is 121 Å². The van der Waals surface area contributed by atoms with Crippen LogP contribution in [-0.2, 0) is 11.3 Å². The number of nitrogens with one attached hydrogen (secondary N) is 2. The Kier molecular flexibility index (Phi) is 5.41. The highest BCUT2D eigenvalue weighted by Crippen LogP contribution is 2.15. The van der Waals surface area contributed by atoms with Crippen LogP contribution in [0.2, 0.25) is 0 Å². The fourth-order valence-corrected chi connectivity index (χ4v) is 2.53. The number of hydrogen-bond acceptors (Lipinski definition) is 3. The first-order valence-electron chi connectivity index (χ1n) is 7.40. The molecule has 0 aromatic heterocycles. The number of benzene rings is 1. The molecule has 0 saturated carbocycles. The monoisotopic (exact) mass is 275 g/mol. The summed E-state index contributed by atoms with van der Waals surface area (Å²) in [5.41, 5.74) is 2.31. The number of amides is 1. The second-order valence-corrected chi connectivity index (χ2v) is 5.67. The Hall–Kier alpha value is -1.55. The second-order valence-electron chi connectivity index (χ2n) is 5.67.